The second-order valence-electron chi connectivity index (χ2n) is 6.40. The highest BCUT2D eigenvalue weighted by Crippen LogP contribution is 2.33. The summed E-state index contributed by atoms with van der Waals surface area (Å²) in [5.41, 5.74) is 0. The maximum absolute atomic E-state index is 4.46. The fraction of sp³-hybridized carbons (Fsp3) is 0.706. The van der Waals surface area contributed by atoms with Gasteiger partial charge in [0, 0.05) is 51.2 Å². The van der Waals surface area contributed by atoms with Gasteiger partial charge in [-0.25, -0.2) is 0 Å². The second-order valence-corrected chi connectivity index (χ2v) is 7.43. The van der Waals surface area contributed by atoms with Crippen molar-refractivity contribution in [3.05, 3.63) is 22.4 Å². The smallest absolute Gasteiger partial charge is 0.193 e. The van der Waals surface area contributed by atoms with E-state index in [1.165, 1.54) is 30.6 Å². The zero-order chi connectivity index (χ0) is 15.2. The van der Waals surface area contributed by atoms with Gasteiger partial charge in [-0.3, -0.25) is 9.89 Å². The van der Waals surface area contributed by atoms with Gasteiger partial charge >= 0.3 is 0 Å². The predicted octanol–water partition coefficient (Wildman–Crippen LogP) is 3.25. The minimum Gasteiger partial charge on any atom is -0.356 e. The molecule has 0 atom stereocenters. The van der Waals surface area contributed by atoms with Crippen LogP contribution in [0.1, 0.15) is 30.6 Å². The molecular weight excluding hydrogens is 419 g/mol. The molecule has 130 valence electrons. The fourth-order valence-corrected chi connectivity index (χ4v) is 3.82. The molecule has 1 saturated heterocycles. The summed E-state index contributed by atoms with van der Waals surface area (Å²) < 4.78 is 0. The lowest BCUT2D eigenvalue weighted by Crippen LogP contribution is -2.52. The fourth-order valence-electron chi connectivity index (χ4n) is 3.07. The van der Waals surface area contributed by atoms with Crippen LogP contribution in [0.2, 0.25) is 0 Å². The molecule has 1 aliphatic heterocycles. The van der Waals surface area contributed by atoms with Crippen LogP contribution >= 0.6 is 35.3 Å². The summed E-state index contributed by atoms with van der Waals surface area (Å²) in [6.45, 7) is 6.57. The van der Waals surface area contributed by atoms with Crippen molar-refractivity contribution in [2.75, 3.05) is 39.8 Å². The van der Waals surface area contributed by atoms with Crippen molar-refractivity contribution in [1.82, 2.24) is 15.1 Å². The van der Waals surface area contributed by atoms with Crippen molar-refractivity contribution in [2.45, 2.75) is 32.2 Å². The van der Waals surface area contributed by atoms with Gasteiger partial charge < -0.3 is 10.2 Å². The molecule has 2 fully saturated rings. The van der Waals surface area contributed by atoms with Crippen LogP contribution in [-0.4, -0.2) is 55.5 Å². The standard InChI is InChI=1S/C17H28N4S.HI/c1-18-17(19-8-2-4-15-6-7-15)21-11-9-20(10-12-21)14-16-5-3-13-22-16;/h3,5,13,15H,2,4,6-12,14H2,1H3,(H,18,19);1H. The van der Waals surface area contributed by atoms with Gasteiger partial charge in [-0.05, 0) is 30.2 Å². The topological polar surface area (TPSA) is 30.9 Å². The lowest BCUT2D eigenvalue weighted by Gasteiger charge is -2.36. The molecule has 4 nitrogen and oxygen atoms in total. The Morgan fingerprint density at radius 2 is 2.09 bits per heavy atom. The molecule has 1 saturated carbocycles. The number of piperazine rings is 1. The molecule has 0 aromatic carbocycles. The van der Waals surface area contributed by atoms with E-state index in [2.05, 4.69) is 37.6 Å². The Balaban J connectivity index is 0.00000192. The van der Waals surface area contributed by atoms with Gasteiger partial charge in [0.15, 0.2) is 5.96 Å². The van der Waals surface area contributed by atoms with Crippen LogP contribution < -0.4 is 5.32 Å². The number of guanidine groups is 1. The third kappa shape index (κ3) is 6.23. The molecule has 0 unspecified atom stereocenters. The highest BCUT2D eigenvalue weighted by atomic mass is 127. The van der Waals surface area contributed by atoms with Crippen LogP contribution in [-0.2, 0) is 6.54 Å². The Morgan fingerprint density at radius 1 is 1.30 bits per heavy atom. The zero-order valence-corrected chi connectivity index (χ0v) is 17.2. The van der Waals surface area contributed by atoms with Gasteiger partial charge in [-0.1, -0.05) is 18.9 Å². The first-order chi connectivity index (χ1) is 10.8. The summed E-state index contributed by atoms with van der Waals surface area (Å²) in [4.78, 5) is 10.9. The molecule has 0 spiro atoms. The number of rotatable bonds is 6. The van der Waals surface area contributed by atoms with E-state index in [9.17, 15) is 0 Å². The summed E-state index contributed by atoms with van der Waals surface area (Å²) in [7, 11) is 1.90. The van der Waals surface area contributed by atoms with Crippen molar-refractivity contribution < 1.29 is 0 Å². The van der Waals surface area contributed by atoms with E-state index in [4.69, 9.17) is 0 Å². The molecule has 23 heavy (non-hydrogen) atoms. The number of nitrogens with one attached hydrogen (secondary N) is 1. The monoisotopic (exact) mass is 448 g/mol. The van der Waals surface area contributed by atoms with Crippen LogP contribution in [0, 0.1) is 5.92 Å². The van der Waals surface area contributed by atoms with E-state index in [-0.39, 0.29) is 24.0 Å². The van der Waals surface area contributed by atoms with E-state index in [0.717, 1.165) is 51.1 Å². The van der Waals surface area contributed by atoms with Gasteiger partial charge in [-0.15, -0.1) is 35.3 Å². The lowest BCUT2D eigenvalue weighted by molar-refractivity contribution is 0.173. The zero-order valence-electron chi connectivity index (χ0n) is 14.0. The van der Waals surface area contributed by atoms with Crippen molar-refractivity contribution >= 4 is 41.3 Å². The van der Waals surface area contributed by atoms with Gasteiger partial charge in [-0.2, -0.15) is 0 Å². The minimum absolute atomic E-state index is 0. The highest BCUT2D eigenvalue weighted by molar-refractivity contribution is 14.0. The average Bonchev–Trinajstić information content (AvgIpc) is 3.23. The second kappa shape index (κ2) is 9.84. The molecule has 1 aliphatic carbocycles. The first-order valence-corrected chi connectivity index (χ1v) is 9.43. The molecule has 1 aromatic heterocycles. The highest BCUT2D eigenvalue weighted by Gasteiger charge is 2.21. The van der Waals surface area contributed by atoms with Gasteiger partial charge in [0.05, 0.1) is 0 Å². The van der Waals surface area contributed by atoms with Crippen LogP contribution in [0.15, 0.2) is 22.5 Å². The normalized spacial score (nSPS) is 19.5. The maximum atomic E-state index is 4.46. The molecular formula is C17H29IN4S. The van der Waals surface area contributed by atoms with Crippen molar-refractivity contribution in [3.8, 4) is 0 Å². The SMILES string of the molecule is CN=C(NCCCC1CC1)N1CCN(Cc2cccs2)CC1.I. The summed E-state index contributed by atoms with van der Waals surface area (Å²) >= 11 is 1.86. The van der Waals surface area contributed by atoms with E-state index >= 15 is 0 Å². The third-order valence-electron chi connectivity index (χ3n) is 4.61. The average molecular weight is 448 g/mol. The van der Waals surface area contributed by atoms with E-state index in [1.54, 1.807) is 0 Å². The molecule has 2 aliphatic rings. The molecule has 0 amide bonds. The summed E-state index contributed by atoms with van der Waals surface area (Å²) in [6.07, 6.45) is 5.59. The molecule has 0 radical (unpaired) electrons. The van der Waals surface area contributed by atoms with Crippen LogP contribution in [0.3, 0.4) is 0 Å². The third-order valence-corrected chi connectivity index (χ3v) is 5.47. The van der Waals surface area contributed by atoms with Crippen molar-refractivity contribution in [1.29, 1.82) is 0 Å². The predicted molar refractivity (Wildman–Crippen MR) is 110 cm³/mol. The van der Waals surface area contributed by atoms with E-state index in [1.807, 2.05) is 18.4 Å². The molecule has 3 rings (SSSR count). The van der Waals surface area contributed by atoms with Gasteiger partial charge in [0.25, 0.3) is 0 Å². The number of thiophene rings is 1. The van der Waals surface area contributed by atoms with Gasteiger partial charge in [0.2, 0.25) is 0 Å². The molecule has 6 heteroatoms. The van der Waals surface area contributed by atoms with Crippen molar-refractivity contribution in [2.24, 2.45) is 10.9 Å². The van der Waals surface area contributed by atoms with Crippen LogP contribution in [0.5, 0.6) is 0 Å². The lowest BCUT2D eigenvalue weighted by atomic mass is 10.2. The maximum Gasteiger partial charge on any atom is 0.193 e. The molecule has 0 bridgehead atoms. The Hall–Kier alpha value is -0.340. The Bertz CT molecular complexity index is 465. The van der Waals surface area contributed by atoms with Crippen LogP contribution in [0.4, 0.5) is 0 Å². The van der Waals surface area contributed by atoms with E-state index in [0.29, 0.717) is 0 Å². The molecule has 2 heterocycles. The molecule has 1 N–H and O–H groups in total. The minimum atomic E-state index is 0. The summed E-state index contributed by atoms with van der Waals surface area (Å²) in [5, 5.41) is 5.71. The van der Waals surface area contributed by atoms with E-state index < -0.39 is 0 Å². The quantitative estimate of drug-likeness (QED) is 0.314. The Morgan fingerprint density at radius 3 is 2.70 bits per heavy atom. The largest absolute Gasteiger partial charge is 0.356 e. The number of hydrogen-bond acceptors (Lipinski definition) is 3. The summed E-state index contributed by atoms with van der Waals surface area (Å²) in [5.74, 6) is 2.12. The first kappa shape index (κ1) is 19.0. The number of aliphatic imine (C=N–C) groups is 1. The first-order valence-electron chi connectivity index (χ1n) is 8.55. The molecule has 1 aromatic rings. The number of halogens is 1. The van der Waals surface area contributed by atoms with Gasteiger partial charge in [0.1, 0.15) is 0 Å². The van der Waals surface area contributed by atoms with Crippen molar-refractivity contribution in [3.63, 3.8) is 0 Å². The number of hydrogen-bond donors (Lipinski definition) is 1. The van der Waals surface area contributed by atoms with Crippen LogP contribution in [0.25, 0.3) is 0 Å². The summed E-state index contributed by atoms with van der Waals surface area (Å²) in [6, 6.07) is 4.38. The Labute approximate surface area is 161 Å². The Kier molecular flexibility index (Phi) is 8.12. The number of nitrogens with zero attached hydrogens (tertiary/aromatic N) is 3.